The second-order valence-electron chi connectivity index (χ2n) is 11.8. The minimum absolute atomic E-state index is 0.296. The van der Waals surface area contributed by atoms with E-state index in [4.69, 9.17) is 0 Å². The number of rotatable bonds is 4. The van der Waals surface area contributed by atoms with Crippen LogP contribution in [-0.2, 0) is 5.41 Å². The molecule has 44 heavy (non-hydrogen) atoms. The molecule has 1 spiro atoms. The van der Waals surface area contributed by atoms with E-state index >= 15 is 0 Å². The zero-order valence-electron chi connectivity index (χ0n) is 24.2. The summed E-state index contributed by atoms with van der Waals surface area (Å²) < 4.78 is 0. The minimum Gasteiger partial charge on any atom is -0.356 e. The highest BCUT2D eigenvalue weighted by Crippen LogP contribution is 2.62. The fraction of sp³-hybridized carbons (Fsp3) is 0.0233. The summed E-state index contributed by atoms with van der Waals surface area (Å²) in [6.07, 6.45) is 0. The monoisotopic (exact) mass is 559 g/mol. The third-order valence-corrected chi connectivity index (χ3v) is 9.50. The molecule has 0 unspecified atom stereocenters. The Balaban J connectivity index is 1.07. The predicted octanol–water partition coefficient (Wildman–Crippen LogP) is 11.1. The van der Waals surface area contributed by atoms with Gasteiger partial charge in [0.15, 0.2) is 0 Å². The van der Waals surface area contributed by atoms with Crippen LogP contribution in [0.1, 0.15) is 22.3 Å². The van der Waals surface area contributed by atoms with Crippen LogP contribution in [0.2, 0.25) is 0 Å². The lowest BCUT2D eigenvalue weighted by Crippen LogP contribution is -2.25. The van der Waals surface area contributed by atoms with Crippen LogP contribution in [0.25, 0.3) is 44.5 Å². The zero-order chi connectivity index (χ0) is 29.1. The van der Waals surface area contributed by atoms with Gasteiger partial charge in [-0.1, -0.05) is 146 Å². The van der Waals surface area contributed by atoms with E-state index in [9.17, 15) is 0 Å². The lowest BCUT2D eigenvalue weighted by Gasteiger charge is -2.30. The molecule has 0 heterocycles. The highest BCUT2D eigenvalue weighted by Gasteiger charge is 2.51. The molecule has 1 heteroatoms. The second kappa shape index (κ2) is 9.69. The topological polar surface area (TPSA) is 12.0 Å². The summed E-state index contributed by atoms with van der Waals surface area (Å²) in [7, 11) is 0. The molecule has 0 radical (unpaired) electrons. The maximum absolute atomic E-state index is 3.69. The van der Waals surface area contributed by atoms with Crippen molar-refractivity contribution in [3.05, 3.63) is 192 Å². The van der Waals surface area contributed by atoms with Crippen LogP contribution in [0.3, 0.4) is 0 Å². The van der Waals surface area contributed by atoms with Gasteiger partial charge in [-0.25, -0.2) is 0 Å². The number of benzene rings is 7. The van der Waals surface area contributed by atoms with Crippen LogP contribution >= 0.6 is 0 Å². The summed E-state index contributed by atoms with van der Waals surface area (Å²) in [6, 6.07) is 61.9. The summed E-state index contributed by atoms with van der Waals surface area (Å²) in [5.74, 6) is 0. The Kier molecular flexibility index (Phi) is 5.48. The fourth-order valence-electron chi connectivity index (χ4n) is 7.58. The zero-order valence-corrected chi connectivity index (χ0v) is 24.2. The van der Waals surface area contributed by atoms with E-state index in [1.807, 2.05) is 0 Å². The first-order valence-corrected chi connectivity index (χ1v) is 15.3. The van der Waals surface area contributed by atoms with Gasteiger partial charge in [-0.2, -0.15) is 0 Å². The van der Waals surface area contributed by atoms with Gasteiger partial charge >= 0.3 is 0 Å². The molecule has 0 fully saturated rings. The van der Waals surface area contributed by atoms with E-state index in [1.54, 1.807) is 0 Å². The number of fused-ring (bicyclic) bond motifs is 10. The van der Waals surface area contributed by atoms with Crippen LogP contribution in [0.4, 0.5) is 11.4 Å². The van der Waals surface area contributed by atoms with E-state index in [-0.39, 0.29) is 5.41 Å². The first-order chi connectivity index (χ1) is 21.8. The first-order valence-electron chi connectivity index (χ1n) is 15.3. The highest BCUT2D eigenvalue weighted by atomic mass is 14.9. The molecule has 2 aliphatic carbocycles. The van der Waals surface area contributed by atoms with Crippen LogP contribution < -0.4 is 5.32 Å². The van der Waals surface area contributed by atoms with Crippen molar-refractivity contribution in [3.63, 3.8) is 0 Å². The average Bonchev–Trinajstić information content (AvgIpc) is 3.56. The maximum Gasteiger partial charge on any atom is 0.0725 e. The minimum atomic E-state index is -0.296. The molecule has 0 saturated heterocycles. The average molecular weight is 560 g/mol. The van der Waals surface area contributed by atoms with E-state index < -0.39 is 0 Å². The second-order valence-corrected chi connectivity index (χ2v) is 11.8. The Bertz CT molecular complexity index is 2130. The van der Waals surface area contributed by atoms with Gasteiger partial charge in [0, 0.05) is 11.4 Å². The van der Waals surface area contributed by atoms with Gasteiger partial charge in [0.25, 0.3) is 0 Å². The summed E-state index contributed by atoms with van der Waals surface area (Å²) in [5, 5.41) is 3.69. The standard InChI is InChI=1S/C43H29N/c1-2-10-29(11-3-1)30-18-20-31(21-19-30)32-22-24-33(25-23-32)44-34-26-27-42-38(28-34)37-14-6-9-17-41(37)43(42)39-15-7-4-12-35(39)36-13-5-8-16-40(36)43/h1-28,44H. The van der Waals surface area contributed by atoms with Crippen molar-refractivity contribution in [2.75, 3.05) is 5.32 Å². The van der Waals surface area contributed by atoms with Gasteiger partial charge in [-0.05, 0) is 91.0 Å². The molecule has 0 amide bonds. The molecular formula is C43H29N. The van der Waals surface area contributed by atoms with Gasteiger partial charge < -0.3 is 5.32 Å². The summed E-state index contributed by atoms with van der Waals surface area (Å²) in [4.78, 5) is 0. The van der Waals surface area contributed by atoms with Crippen molar-refractivity contribution < 1.29 is 0 Å². The molecule has 9 rings (SSSR count). The third kappa shape index (κ3) is 3.60. The van der Waals surface area contributed by atoms with Gasteiger partial charge in [0.1, 0.15) is 0 Å². The van der Waals surface area contributed by atoms with E-state index in [0.29, 0.717) is 0 Å². The molecule has 0 bridgehead atoms. The molecule has 2 aliphatic rings. The van der Waals surface area contributed by atoms with E-state index in [2.05, 4.69) is 175 Å². The van der Waals surface area contributed by atoms with Crippen molar-refractivity contribution in [2.45, 2.75) is 5.41 Å². The van der Waals surface area contributed by atoms with Gasteiger partial charge in [-0.15, -0.1) is 0 Å². The quantitative estimate of drug-likeness (QED) is 0.226. The number of hydrogen-bond acceptors (Lipinski definition) is 1. The molecular weight excluding hydrogens is 530 g/mol. The Hall–Kier alpha value is -5.66. The van der Waals surface area contributed by atoms with Gasteiger partial charge in [0.05, 0.1) is 5.41 Å². The van der Waals surface area contributed by atoms with Crippen molar-refractivity contribution in [1.29, 1.82) is 0 Å². The van der Waals surface area contributed by atoms with Crippen LogP contribution in [0, 0.1) is 0 Å². The highest BCUT2D eigenvalue weighted by molar-refractivity contribution is 5.95. The lowest BCUT2D eigenvalue weighted by atomic mass is 9.70. The van der Waals surface area contributed by atoms with Gasteiger partial charge in [-0.3, -0.25) is 0 Å². The first kappa shape index (κ1) is 24.9. The summed E-state index contributed by atoms with van der Waals surface area (Å²) in [6.45, 7) is 0. The SMILES string of the molecule is c1ccc(-c2ccc(-c3ccc(Nc4ccc5c(c4)-c4ccccc4C54c5ccccc5-c5ccccc54)cc3)cc2)cc1. The smallest absolute Gasteiger partial charge is 0.0725 e. The molecule has 1 N–H and O–H groups in total. The molecule has 7 aromatic carbocycles. The number of anilines is 2. The van der Waals surface area contributed by atoms with Crippen molar-refractivity contribution in [1.82, 2.24) is 0 Å². The molecule has 0 atom stereocenters. The van der Waals surface area contributed by atoms with Crippen molar-refractivity contribution >= 4 is 11.4 Å². The lowest BCUT2D eigenvalue weighted by molar-refractivity contribution is 0.794. The van der Waals surface area contributed by atoms with E-state index in [0.717, 1.165) is 11.4 Å². The summed E-state index contributed by atoms with van der Waals surface area (Å²) >= 11 is 0. The van der Waals surface area contributed by atoms with E-state index in [1.165, 1.54) is 66.8 Å². The van der Waals surface area contributed by atoms with Crippen molar-refractivity contribution in [2.24, 2.45) is 0 Å². The predicted molar refractivity (Wildman–Crippen MR) is 183 cm³/mol. The van der Waals surface area contributed by atoms with Crippen molar-refractivity contribution in [3.8, 4) is 44.5 Å². The molecule has 0 aliphatic heterocycles. The Morgan fingerprint density at radius 1 is 0.295 bits per heavy atom. The molecule has 0 saturated carbocycles. The van der Waals surface area contributed by atoms with Gasteiger partial charge in [0.2, 0.25) is 0 Å². The largest absolute Gasteiger partial charge is 0.356 e. The molecule has 1 nitrogen and oxygen atoms in total. The maximum atomic E-state index is 3.69. The molecule has 0 aromatic heterocycles. The Morgan fingerprint density at radius 2 is 0.682 bits per heavy atom. The fourth-order valence-corrected chi connectivity index (χ4v) is 7.58. The molecule has 7 aromatic rings. The number of nitrogens with one attached hydrogen (secondary N) is 1. The molecule has 206 valence electrons. The number of hydrogen-bond donors (Lipinski definition) is 1. The van der Waals surface area contributed by atoms with Crippen LogP contribution in [0.5, 0.6) is 0 Å². The third-order valence-electron chi connectivity index (χ3n) is 9.50. The Labute approximate surface area is 258 Å². The van der Waals surface area contributed by atoms with Crippen LogP contribution in [0.15, 0.2) is 170 Å². The van der Waals surface area contributed by atoms with Crippen LogP contribution in [-0.4, -0.2) is 0 Å². The normalized spacial score (nSPS) is 13.2. The summed E-state index contributed by atoms with van der Waals surface area (Å²) in [5.41, 5.74) is 17.5. The Morgan fingerprint density at radius 3 is 1.23 bits per heavy atom.